The molecule has 2 heterocycles. The van der Waals surface area contributed by atoms with Gasteiger partial charge in [0.25, 0.3) is 0 Å². The van der Waals surface area contributed by atoms with E-state index in [1.807, 2.05) is 0 Å². The summed E-state index contributed by atoms with van der Waals surface area (Å²) in [5, 5.41) is 7.62. The van der Waals surface area contributed by atoms with Crippen molar-refractivity contribution in [1.29, 1.82) is 0 Å². The third kappa shape index (κ3) is 5.43. The topological polar surface area (TPSA) is 13.1 Å². The molecule has 0 saturated carbocycles. The Morgan fingerprint density at radius 1 is 0.651 bits per heavy atom. The van der Waals surface area contributed by atoms with Crippen molar-refractivity contribution in [3.8, 4) is 22.8 Å². The van der Waals surface area contributed by atoms with Gasteiger partial charge in [-0.2, -0.15) is 0 Å². The van der Waals surface area contributed by atoms with Crippen LogP contribution in [-0.4, -0.2) is 0 Å². The van der Waals surface area contributed by atoms with Crippen LogP contribution in [0.2, 0.25) is 0 Å². The minimum atomic E-state index is 0.106. The second-order valence-electron chi connectivity index (χ2n) is 16.9. The van der Waals surface area contributed by atoms with Crippen molar-refractivity contribution in [3.05, 3.63) is 76.5 Å². The zero-order valence-electron chi connectivity index (χ0n) is 28.6. The molecule has 1 aromatic heterocycles. The van der Waals surface area contributed by atoms with Crippen molar-refractivity contribution < 1.29 is 9.30 Å². The van der Waals surface area contributed by atoms with Crippen LogP contribution in [-0.2, 0) is 26.3 Å². The number of ether oxygens (including phenoxy) is 1. The number of hydrogen-bond donors (Lipinski definition) is 0. The van der Waals surface area contributed by atoms with Gasteiger partial charge in [0, 0.05) is 17.0 Å². The van der Waals surface area contributed by atoms with Crippen LogP contribution in [0.25, 0.3) is 43.6 Å². The summed E-state index contributed by atoms with van der Waals surface area (Å²) >= 11 is 0. The predicted octanol–water partition coefficient (Wildman–Crippen LogP) is 11.1. The number of hydrogen-bond acceptors (Lipinski definition) is 1. The van der Waals surface area contributed by atoms with E-state index < -0.39 is 0 Å². The maximum Gasteiger partial charge on any atom is 0.228 e. The van der Waals surface area contributed by atoms with Gasteiger partial charge >= 0.3 is 0 Å². The molecule has 0 amide bonds. The molecule has 2 heteroatoms. The van der Waals surface area contributed by atoms with Crippen LogP contribution in [0.15, 0.2) is 48.7 Å². The highest BCUT2D eigenvalue weighted by Gasteiger charge is 2.35. The zero-order chi connectivity index (χ0) is 31.2. The van der Waals surface area contributed by atoms with Crippen LogP contribution in [0.1, 0.15) is 90.1 Å². The van der Waals surface area contributed by atoms with Gasteiger partial charge in [-0.25, -0.2) is 4.57 Å². The second kappa shape index (κ2) is 9.81. The van der Waals surface area contributed by atoms with Crippen LogP contribution >= 0.6 is 0 Å². The van der Waals surface area contributed by atoms with Crippen LogP contribution in [0.5, 0.6) is 11.5 Å². The lowest BCUT2D eigenvalue weighted by Crippen LogP contribution is -2.32. The molecule has 0 unspecified atom stereocenters. The molecule has 0 N–H and O–H groups in total. The summed E-state index contributed by atoms with van der Waals surface area (Å²) in [7, 11) is 2.19. The molecule has 2 nitrogen and oxygen atoms in total. The van der Waals surface area contributed by atoms with E-state index in [4.69, 9.17) is 4.74 Å². The van der Waals surface area contributed by atoms with Crippen molar-refractivity contribution >= 4 is 32.3 Å². The molecule has 0 atom stereocenters. The number of pyridine rings is 1. The van der Waals surface area contributed by atoms with Crippen molar-refractivity contribution in [3.63, 3.8) is 0 Å². The van der Waals surface area contributed by atoms with Crippen LogP contribution in [0.4, 0.5) is 0 Å². The van der Waals surface area contributed by atoms with Crippen LogP contribution in [0.3, 0.4) is 0 Å². The smallest absolute Gasteiger partial charge is 0.228 e. The molecule has 0 spiro atoms. The summed E-state index contributed by atoms with van der Waals surface area (Å²) in [6.07, 6.45) is 5.28. The molecule has 0 bridgehead atoms. The zero-order valence-corrected chi connectivity index (χ0v) is 28.6. The highest BCUT2D eigenvalue weighted by molar-refractivity contribution is 6.13. The number of rotatable bonds is 3. The summed E-state index contributed by atoms with van der Waals surface area (Å²) in [6.45, 7) is 25.5. The summed E-state index contributed by atoms with van der Waals surface area (Å²) in [6, 6.07) is 16.6. The Balaban J connectivity index is 1.71. The first-order valence-electron chi connectivity index (χ1n) is 16.1. The Kier molecular flexibility index (Phi) is 6.77. The van der Waals surface area contributed by atoms with E-state index >= 15 is 0 Å². The Hall–Kier alpha value is -3.39. The molecule has 43 heavy (non-hydrogen) atoms. The fraction of sp³-hybridized carbons (Fsp3) is 0.439. The fourth-order valence-corrected chi connectivity index (χ4v) is 7.25. The van der Waals surface area contributed by atoms with Gasteiger partial charge in [-0.3, -0.25) is 0 Å². The van der Waals surface area contributed by atoms with E-state index in [1.165, 1.54) is 71.4 Å². The quantitative estimate of drug-likeness (QED) is 0.152. The third-order valence-corrected chi connectivity index (χ3v) is 8.94. The molecule has 5 aromatic rings. The van der Waals surface area contributed by atoms with Crippen molar-refractivity contribution in [2.75, 3.05) is 0 Å². The van der Waals surface area contributed by atoms with E-state index in [9.17, 15) is 0 Å². The molecule has 1 aliphatic rings. The molecule has 224 valence electrons. The van der Waals surface area contributed by atoms with E-state index in [1.54, 1.807) is 0 Å². The lowest BCUT2D eigenvalue weighted by molar-refractivity contribution is -0.659. The van der Waals surface area contributed by atoms with Crippen molar-refractivity contribution in [2.45, 2.75) is 95.4 Å². The monoisotopic (exact) mass is 572 g/mol. The van der Waals surface area contributed by atoms with Crippen molar-refractivity contribution in [1.82, 2.24) is 0 Å². The molecule has 6 rings (SSSR count). The maximum atomic E-state index is 7.28. The fourth-order valence-electron chi connectivity index (χ4n) is 7.25. The lowest BCUT2D eigenvalue weighted by Gasteiger charge is -2.29. The molecular formula is C41H50NO+. The highest BCUT2D eigenvalue weighted by Crippen LogP contribution is 2.54. The molecular weight excluding hydrogens is 522 g/mol. The molecule has 0 radical (unpaired) electrons. The Labute approximate surface area is 259 Å². The number of aryl methyl sites for hydroxylation is 3. The Morgan fingerprint density at radius 3 is 1.98 bits per heavy atom. The van der Waals surface area contributed by atoms with Gasteiger partial charge in [-0.15, -0.1) is 0 Å². The summed E-state index contributed by atoms with van der Waals surface area (Å²) < 4.78 is 9.60. The van der Waals surface area contributed by atoms with Gasteiger partial charge in [0.1, 0.15) is 18.5 Å². The van der Waals surface area contributed by atoms with Crippen molar-refractivity contribution in [2.24, 2.45) is 23.3 Å². The minimum absolute atomic E-state index is 0.106. The first kappa shape index (κ1) is 29.7. The number of fused-ring (bicyclic) bond motifs is 5. The van der Waals surface area contributed by atoms with Crippen LogP contribution < -0.4 is 9.30 Å². The maximum absolute atomic E-state index is 7.28. The van der Waals surface area contributed by atoms with E-state index in [-0.39, 0.29) is 16.2 Å². The number of nitrogens with zero attached hydrogens (tertiary/aromatic N) is 1. The highest BCUT2D eigenvalue weighted by atomic mass is 16.5. The SMILES string of the molecule is Cc1cc2c3c4c([n+](C)ccc4cc2cc1CC(C)(C)C)-c1c(c(CC(C)(C)C)c2ccc(CC(C)(C)C)cc2c1C)O3. The van der Waals surface area contributed by atoms with Gasteiger partial charge in [-0.1, -0.05) is 86.6 Å². The Morgan fingerprint density at radius 2 is 1.33 bits per heavy atom. The Bertz CT molecular complexity index is 1940. The molecule has 0 fully saturated rings. The summed E-state index contributed by atoms with van der Waals surface area (Å²) in [5.41, 5.74) is 9.88. The average Bonchev–Trinajstić information content (AvgIpc) is 2.86. The third-order valence-electron chi connectivity index (χ3n) is 8.94. The summed E-state index contributed by atoms with van der Waals surface area (Å²) in [5.74, 6) is 2.05. The van der Waals surface area contributed by atoms with Gasteiger partial charge in [-0.05, 0) is 105 Å². The van der Waals surface area contributed by atoms with Gasteiger partial charge in [0.2, 0.25) is 5.69 Å². The van der Waals surface area contributed by atoms with Gasteiger partial charge in [0.05, 0.1) is 10.9 Å². The average molecular weight is 573 g/mol. The molecule has 4 aromatic carbocycles. The summed E-state index contributed by atoms with van der Waals surface area (Å²) in [4.78, 5) is 0. The molecule has 1 aliphatic heterocycles. The minimum Gasteiger partial charge on any atom is -0.455 e. The lowest BCUT2D eigenvalue weighted by atomic mass is 9.80. The number of benzene rings is 4. The van der Waals surface area contributed by atoms with E-state index in [0.717, 1.165) is 30.8 Å². The van der Waals surface area contributed by atoms with Crippen LogP contribution in [0, 0.1) is 30.1 Å². The predicted molar refractivity (Wildman–Crippen MR) is 185 cm³/mol. The van der Waals surface area contributed by atoms with E-state index in [0.29, 0.717) is 0 Å². The molecule has 0 saturated heterocycles. The first-order chi connectivity index (χ1) is 19.9. The standard InChI is InChI=1S/C41H50NO/c1-24-17-32-28(20-29(24)22-40(6,7)8)19-27-15-16-42(12)36-34-25(2)31-18-26(21-39(3,4)5)13-14-30(31)33(23-41(9,10)11)38(34)43-37(32)35(27)36/h13-20H,21-23H2,1-12H3/q+1. The van der Waals surface area contributed by atoms with Gasteiger partial charge in [0.15, 0.2) is 6.20 Å². The second-order valence-corrected chi connectivity index (χ2v) is 16.9. The number of aromatic nitrogens is 1. The largest absolute Gasteiger partial charge is 0.455 e. The normalized spacial score (nSPS) is 13.6. The van der Waals surface area contributed by atoms with E-state index in [2.05, 4.69) is 136 Å². The van der Waals surface area contributed by atoms with Gasteiger partial charge < -0.3 is 4.74 Å². The molecule has 0 aliphatic carbocycles. The first-order valence-corrected chi connectivity index (χ1v) is 16.1.